The van der Waals surface area contributed by atoms with Gasteiger partial charge in [-0.3, -0.25) is 14.8 Å². The minimum Gasteiger partial charge on any atom is -0.333 e. The zero-order valence-corrected chi connectivity index (χ0v) is 14.9. The molecule has 0 aromatic carbocycles. The number of hydrogen-bond acceptors (Lipinski definition) is 6. The Morgan fingerprint density at radius 3 is 2.87 bits per heavy atom. The van der Waals surface area contributed by atoms with Gasteiger partial charge in [0.25, 0.3) is 5.91 Å². The lowest BCUT2D eigenvalue weighted by Crippen LogP contribution is -2.47. The molecule has 2 aromatic rings. The fraction of sp³-hybridized carbons (Fsp3) is 0.429. The molecule has 1 fully saturated rings. The molecular weight excluding hydrogens is 357 g/mol. The Bertz CT molecular complexity index is 625. The fourth-order valence-electron chi connectivity index (χ4n) is 2.56. The average Bonchev–Trinajstić information content (AvgIpc) is 3.05. The van der Waals surface area contributed by atoms with Gasteiger partial charge >= 0.3 is 0 Å². The Morgan fingerprint density at radius 1 is 1.35 bits per heavy atom. The Hall–Kier alpha value is -1.28. The maximum Gasteiger partial charge on any atom is 0.273 e. The van der Waals surface area contributed by atoms with Gasteiger partial charge in [0.2, 0.25) is 0 Å². The van der Waals surface area contributed by atoms with E-state index in [1.165, 1.54) is 11.3 Å². The van der Waals surface area contributed by atoms with Crippen molar-refractivity contribution in [3.05, 3.63) is 29.7 Å². The SMILES string of the molecule is Cl.Cl.NCC1CCCCN1C(=O)c1csc(-c2cnccn2)n1. The lowest BCUT2D eigenvalue weighted by atomic mass is 10.0. The first kappa shape index (κ1) is 19.8. The van der Waals surface area contributed by atoms with Gasteiger partial charge in [-0.15, -0.1) is 36.2 Å². The number of carbonyl (C=O) groups is 1. The van der Waals surface area contributed by atoms with Crippen molar-refractivity contribution in [1.29, 1.82) is 0 Å². The summed E-state index contributed by atoms with van der Waals surface area (Å²) in [5.41, 5.74) is 6.94. The van der Waals surface area contributed by atoms with Gasteiger partial charge in [-0.1, -0.05) is 0 Å². The summed E-state index contributed by atoms with van der Waals surface area (Å²) in [5, 5.41) is 2.50. The maximum atomic E-state index is 12.6. The van der Waals surface area contributed by atoms with Crippen LogP contribution < -0.4 is 5.73 Å². The summed E-state index contributed by atoms with van der Waals surface area (Å²) in [6.07, 6.45) is 8.02. The van der Waals surface area contributed by atoms with Gasteiger partial charge in [-0.2, -0.15) is 0 Å². The van der Waals surface area contributed by atoms with E-state index in [1.54, 1.807) is 24.0 Å². The van der Waals surface area contributed by atoms with Crippen LogP contribution in [0, 0.1) is 0 Å². The molecule has 0 radical (unpaired) electrons. The van der Waals surface area contributed by atoms with Crippen molar-refractivity contribution in [3.63, 3.8) is 0 Å². The molecule has 1 aliphatic rings. The summed E-state index contributed by atoms with van der Waals surface area (Å²) < 4.78 is 0. The normalized spacial score (nSPS) is 17.1. The highest BCUT2D eigenvalue weighted by Crippen LogP contribution is 2.24. The Balaban J connectivity index is 0.00000132. The molecule has 0 aliphatic carbocycles. The topological polar surface area (TPSA) is 85.0 Å². The molecule has 1 amide bonds. The predicted octanol–water partition coefficient (Wildman–Crippen LogP) is 2.40. The fourth-order valence-corrected chi connectivity index (χ4v) is 3.31. The zero-order valence-electron chi connectivity index (χ0n) is 12.4. The van der Waals surface area contributed by atoms with E-state index in [1.807, 2.05) is 4.90 Å². The summed E-state index contributed by atoms with van der Waals surface area (Å²) >= 11 is 1.41. The highest BCUT2D eigenvalue weighted by molar-refractivity contribution is 7.13. The number of hydrogen-bond donors (Lipinski definition) is 1. The molecule has 3 rings (SSSR count). The van der Waals surface area contributed by atoms with Gasteiger partial charge in [-0.05, 0) is 19.3 Å². The molecule has 0 spiro atoms. The zero-order chi connectivity index (χ0) is 14.7. The second kappa shape index (κ2) is 9.12. The lowest BCUT2D eigenvalue weighted by Gasteiger charge is -2.34. The maximum absolute atomic E-state index is 12.6. The van der Waals surface area contributed by atoms with Gasteiger partial charge in [-0.25, -0.2) is 4.98 Å². The van der Waals surface area contributed by atoms with Crippen molar-refractivity contribution < 1.29 is 4.79 Å². The van der Waals surface area contributed by atoms with Crippen LogP contribution in [0.2, 0.25) is 0 Å². The quantitative estimate of drug-likeness (QED) is 0.889. The van der Waals surface area contributed by atoms with Crippen LogP contribution in [0.4, 0.5) is 0 Å². The van der Waals surface area contributed by atoms with Crippen LogP contribution in [0.25, 0.3) is 10.7 Å². The summed E-state index contributed by atoms with van der Waals surface area (Å²) in [5.74, 6) is -0.0310. The van der Waals surface area contributed by atoms with Crippen LogP contribution >= 0.6 is 36.2 Å². The number of aromatic nitrogens is 3. The van der Waals surface area contributed by atoms with Crippen LogP contribution in [0.3, 0.4) is 0 Å². The number of amides is 1. The predicted molar refractivity (Wildman–Crippen MR) is 95.4 cm³/mol. The molecule has 0 saturated carbocycles. The lowest BCUT2D eigenvalue weighted by molar-refractivity contribution is 0.0618. The number of halogens is 2. The third kappa shape index (κ3) is 4.38. The number of thiazole rings is 1. The number of carbonyl (C=O) groups excluding carboxylic acids is 1. The van der Waals surface area contributed by atoms with E-state index in [0.29, 0.717) is 22.9 Å². The van der Waals surface area contributed by atoms with Crippen LogP contribution in [-0.2, 0) is 0 Å². The minimum atomic E-state index is -0.0310. The first-order valence-electron chi connectivity index (χ1n) is 7.02. The van der Waals surface area contributed by atoms with Crippen molar-refractivity contribution in [1.82, 2.24) is 19.9 Å². The number of rotatable bonds is 3. The van der Waals surface area contributed by atoms with E-state index in [-0.39, 0.29) is 36.8 Å². The molecule has 0 bridgehead atoms. The molecule has 1 aliphatic heterocycles. The molecular formula is C14H19Cl2N5OS. The highest BCUT2D eigenvalue weighted by atomic mass is 35.5. The second-order valence-corrected chi connectivity index (χ2v) is 5.87. The van der Waals surface area contributed by atoms with Gasteiger partial charge in [0.1, 0.15) is 16.4 Å². The van der Waals surface area contributed by atoms with Crippen LogP contribution in [0.5, 0.6) is 0 Å². The van der Waals surface area contributed by atoms with Crippen LogP contribution in [0.1, 0.15) is 29.8 Å². The summed E-state index contributed by atoms with van der Waals surface area (Å²) in [6, 6.07) is 0.132. The molecule has 2 N–H and O–H groups in total. The third-order valence-corrected chi connectivity index (χ3v) is 4.53. The average molecular weight is 376 g/mol. The van der Waals surface area contributed by atoms with E-state index in [4.69, 9.17) is 5.73 Å². The minimum absolute atomic E-state index is 0. The second-order valence-electron chi connectivity index (χ2n) is 5.01. The molecule has 6 nitrogen and oxygen atoms in total. The standard InChI is InChI=1S/C14H17N5OS.2ClH/c15-7-10-3-1-2-6-19(10)14(20)12-9-21-13(18-12)11-8-16-4-5-17-11;;/h4-5,8-10H,1-3,6-7,15H2;2*1H. The van der Waals surface area contributed by atoms with Crippen LogP contribution in [-0.4, -0.2) is 44.9 Å². The number of nitrogens with two attached hydrogens (primary N) is 1. The van der Waals surface area contributed by atoms with Gasteiger partial charge in [0.15, 0.2) is 0 Å². The van der Waals surface area contributed by atoms with E-state index < -0.39 is 0 Å². The molecule has 1 atom stereocenters. The van der Waals surface area contributed by atoms with E-state index >= 15 is 0 Å². The number of likely N-dealkylation sites (tertiary alicyclic amines) is 1. The first-order chi connectivity index (χ1) is 10.3. The molecule has 2 aromatic heterocycles. The highest BCUT2D eigenvalue weighted by Gasteiger charge is 2.28. The van der Waals surface area contributed by atoms with Crippen LogP contribution in [0.15, 0.2) is 24.0 Å². The molecule has 9 heteroatoms. The van der Waals surface area contributed by atoms with Gasteiger partial charge in [0.05, 0.1) is 6.20 Å². The first-order valence-corrected chi connectivity index (χ1v) is 7.90. The van der Waals surface area contributed by atoms with E-state index in [2.05, 4.69) is 15.0 Å². The Kier molecular flexibility index (Phi) is 7.84. The summed E-state index contributed by atoms with van der Waals surface area (Å²) in [7, 11) is 0. The Morgan fingerprint density at radius 2 is 2.17 bits per heavy atom. The molecule has 23 heavy (non-hydrogen) atoms. The Labute approximate surface area is 151 Å². The smallest absolute Gasteiger partial charge is 0.273 e. The number of piperidine rings is 1. The number of nitrogens with zero attached hydrogens (tertiary/aromatic N) is 4. The summed E-state index contributed by atoms with van der Waals surface area (Å²) in [6.45, 7) is 1.27. The molecule has 1 unspecified atom stereocenters. The van der Waals surface area contributed by atoms with Crippen molar-refractivity contribution in [3.8, 4) is 10.7 Å². The van der Waals surface area contributed by atoms with E-state index in [0.717, 1.165) is 25.8 Å². The van der Waals surface area contributed by atoms with Crippen molar-refractivity contribution in [2.75, 3.05) is 13.1 Å². The van der Waals surface area contributed by atoms with Crippen molar-refractivity contribution >= 4 is 42.1 Å². The largest absolute Gasteiger partial charge is 0.333 e. The third-order valence-electron chi connectivity index (χ3n) is 3.67. The van der Waals surface area contributed by atoms with Gasteiger partial charge < -0.3 is 10.6 Å². The monoisotopic (exact) mass is 375 g/mol. The van der Waals surface area contributed by atoms with E-state index in [9.17, 15) is 4.79 Å². The van der Waals surface area contributed by atoms with Crippen molar-refractivity contribution in [2.45, 2.75) is 25.3 Å². The molecule has 1 saturated heterocycles. The summed E-state index contributed by atoms with van der Waals surface area (Å²) in [4.78, 5) is 27.1. The molecule has 3 heterocycles. The molecule has 126 valence electrons. The van der Waals surface area contributed by atoms with Crippen molar-refractivity contribution in [2.24, 2.45) is 5.73 Å². The van der Waals surface area contributed by atoms with Gasteiger partial charge in [0, 0.05) is 36.9 Å².